The fraction of sp³-hybridized carbons (Fsp3) is 0.154. The lowest BCUT2D eigenvalue weighted by molar-refractivity contribution is -0.105. The van der Waals surface area contributed by atoms with Crippen LogP contribution >= 0.6 is 0 Å². The zero-order chi connectivity index (χ0) is 23.8. The lowest BCUT2D eigenvalue weighted by Crippen LogP contribution is -2.01. The normalized spacial score (nSPS) is 12.3. The van der Waals surface area contributed by atoms with Crippen molar-refractivity contribution in [2.75, 3.05) is 5.32 Å². The third-order valence-electron chi connectivity index (χ3n) is 6.04. The minimum absolute atomic E-state index is 0.0366. The maximum absolute atomic E-state index is 11.6. The molecule has 0 fully saturated rings. The molecule has 172 valence electrons. The fourth-order valence-corrected chi connectivity index (χ4v) is 5.12. The molecule has 2 aromatic heterocycles. The Morgan fingerprint density at radius 1 is 1.06 bits per heavy atom. The van der Waals surface area contributed by atoms with Gasteiger partial charge in [-0.05, 0) is 54.8 Å². The summed E-state index contributed by atoms with van der Waals surface area (Å²) in [6.07, 6.45) is 0.666. The molecule has 0 aliphatic carbocycles. The van der Waals surface area contributed by atoms with Gasteiger partial charge in [0.05, 0.1) is 22.7 Å². The number of hydrogen-bond acceptors (Lipinski definition) is 4. The minimum atomic E-state index is -1.95. The quantitative estimate of drug-likeness (QED) is 0.243. The highest BCUT2D eigenvalue weighted by atomic mass is 32.2. The molecule has 34 heavy (non-hydrogen) atoms. The fourth-order valence-electron chi connectivity index (χ4n) is 4.66. The summed E-state index contributed by atoms with van der Waals surface area (Å²) in [4.78, 5) is 11.6. The number of benzene rings is 3. The minimum Gasteiger partial charge on any atom is -0.361 e. The van der Waals surface area contributed by atoms with E-state index in [1.807, 2.05) is 56.3 Å². The monoisotopic (exact) mass is 473 g/mol. The number of fused-ring (bicyclic) bond motifs is 3. The van der Waals surface area contributed by atoms with Crippen molar-refractivity contribution in [2.45, 2.75) is 26.1 Å². The van der Waals surface area contributed by atoms with Crippen LogP contribution in [0.3, 0.4) is 0 Å². The molecule has 8 heteroatoms. The van der Waals surface area contributed by atoms with Crippen molar-refractivity contribution in [3.63, 3.8) is 0 Å². The summed E-state index contributed by atoms with van der Waals surface area (Å²) in [6.45, 7) is 4.38. The molecule has 0 aliphatic rings. The van der Waals surface area contributed by atoms with Crippen molar-refractivity contribution in [3.05, 3.63) is 83.2 Å². The average Bonchev–Trinajstić information content (AvgIpc) is 3.30. The molecule has 0 radical (unpaired) electrons. The summed E-state index contributed by atoms with van der Waals surface area (Å²) in [5.74, 6) is 0.738. The van der Waals surface area contributed by atoms with Crippen molar-refractivity contribution >= 4 is 45.0 Å². The second kappa shape index (κ2) is 8.89. The zero-order valence-corrected chi connectivity index (χ0v) is 19.6. The van der Waals surface area contributed by atoms with Crippen LogP contribution in [0.4, 0.5) is 5.69 Å². The Hall–Kier alpha value is -3.75. The smallest absolute Gasteiger partial charge is 0.211 e. The molecule has 0 bridgehead atoms. The Balaban J connectivity index is 1.85. The van der Waals surface area contributed by atoms with Crippen molar-refractivity contribution < 1.29 is 18.1 Å². The number of carbonyl (C=O) groups excluding carboxylic acids is 1. The van der Waals surface area contributed by atoms with Gasteiger partial charge in [0.15, 0.2) is 11.1 Å². The van der Waals surface area contributed by atoms with Crippen LogP contribution < -0.4 is 5.32 Å². The largest absolute Gasteiger partial charge is 0.361 e. The van der Waals surface area contributed by atoms with Crippen LogP contribution in [0.2, 0.25) is 0 Å². The number of anilines is 1. The molecule has 5 aromatic rings. The SMILES string of the molecule is Cc1noc(C)c1-c1cc(NC=O)c2c3cc(CS(=O)O)ccc3n(Cc3ccccc3)c2c1. The average molecular weight is 474 g/mol. The van der Waals surface area contributed by atoms with Gasteiger partial charge in [-0.2, -0.15) is 0 Å². The molecule has 1 amide bonds. The van der Waals surface area contributed by atoms with E-state index in [2.05, 4.69) is 33.2 Å². The van der Waals surface area contributed by atoms with Gasteiger partial charge in [-0.25, -0.2) is 4.21 Å². The van der Waals surface area contributed by atoms with Crippen LogP contribution in [-0.2, 0) is 28.2 Å². The number of nitrogens with zero attached hydrogens (tertiary/aromatic N) is 2. The van der Waals surface area contributed by atoms with Crippen LogP contribution in [0.1, 0.15) is 22.6 Å². The summed E-state index contributed by atoms with van der Waals surface area (Å²) >= 11 is -1.95. The molecule has 5 rings (SSSR count). The van der Waals surface area contributed by atoms with E-state index in [1.165, 1.54) is 0 Å². The molecule has 1 unspecified atom stereocenters. The van der Waals surface area contributed by atoms with Gasteiger partial charge >= 0.3 is 0 Å². The van der Waals surface area contributed by atoms with E-state index >= 15 is 0 Å². The van der Waals surface area contributed by atoms with Gasteiger partial charge in [0.1, 0.15) is 5.76 Å². The standard InChI is InChI=1S/C26H23N3O4S/c1-16-25(17(2)33-28-16)20-11-22(27-15-30)26-21-10-19(14-34(31)32)8-9-23(21)29(24(26)12-20)13-18-6-4-3-5-7-18/h3-12,15H,13-14H2,1-2H3,(H,27,30)(H,31,32). The Morgan fingerprint density at radius 3 is 2.53 bits per heavy atom. The zero-order valence-electron chi connectivity index (χ0n) is 18.7. The number of aromatic nitrogens is 2. The molecule has 0 saturated heterocycles. The Labute approximate surface area is 198 Å². The summed E-state index contributed by atoms with van der Waals surface area (Å²) in [7, 11) is 0. The predicted octanol–water partition coefficient (Wildman–Crippen LogP) is 5.40. The summed E-state index contributed by atoms with van der Waals surface area (Å²) in [5, 5.41) is 8.74. The molecule has 1 atom stereocenters. The van der Waals surface area contributed by atoms with Gasteiger partial charge in [-0.1, -0.05) is 41.6 Å². The number of amides is 1. The highest BCUT2D eigenvalue weighted by molar-refractivity contribution is 7.78. The molecule has 2 N–H and O–H groups in total. The van der Waals surface area contributed by atoms with Crippen molar-refractivity contribution in [2.24, 2.45) is 0 Å². The van der Waals surface area contributed by atoms with Crippen LogP contribution in [0.15, 0.2) is 65.2 Å². The number of hydrogen-bond donors (Lipinski definition) is 2. The van der Waals surface area contributed by atoms with Crippen LogP contribution in [0.5, 0.6) is 0 Å². The van der Waals surface area contributed by atoms with Crippen LogP contribution in [-0.4, -0.2) is 24.9 Å². The molecule has 0 saturated carbocycles. The Kier molecular flexibility index (Phi) is 5.77. The van der Waals surface area contributed by atoms with Gasteiger partial charge in [0.2, 0.25) is 6.41 Å². The van der Waals surface area contributed by atoms with Gasteiger partial charge in [-0.15, -0.1) is 0 Å². The predicted molar refractivity (Wildman–Crippen MR) is 134 cm³/mol. The van der Waals surface area contributed by atoms with Gasteiger partial charge in [0, 0.05) is 28.4 Å². The second-order valence-corrected chi connectivity index (χ2v) is 9.20. The highest BCUT2D eigenvalue weighted by Crippen LogP contribution is 2.40. The van der Waals surface area contributed by atoms with E-state index in [-0.39, 0.29) is 5.75 Å². The number of carbonyl (C=O) groups is 1. The summed E-state index contributed by atoms with van der Waals surface area (Å²) in [5.41, 5.74) is 6.99. The van der Waals surface area contributed by atoms with E-state index in [4.69, 9.17) is 4.52 Å². The van der Waals surface area contributed by atoms with Crippen molar-refractivity contribution in [1.29, 1.82) is 0 Å². The number of nitrogens with one attached hydrogen (secondary N) is 1. The first-order valence-corrected chi connectivity index (χ1v) is 12.1. The van der Waals surface area contributed by atoms with Crippen molar-refractivity contribution in [1.82, 2.24) is 9.72 Å². The summed E-state index contributed by atoms with van der Waals surface area (Å²) in [6, 6.07) is 19.9. The van der Waals surface area contributed by atoms with E-state index in [9.17, 15) is 13.6 Å². The molecular weight excluding hydrogens is 450 g/mol. The Bertz CT molecular complexity index is 1530. The molecule has 2 heterocycles. The first-order valence-electron chi connectivity index (χ1n) is 10.8. The molecule has 3 aromatic carbocycles. The first-order chi connectivity index (χ1) is 16.5. The Morgan fingerprint density at radius 2 is 1.85 bits per heavy atom. The van der Waals surface area contributed by atoms with Gasteiger partial charge < -0.3 is 19.0 Å². The number of rotatable bonds is 7. The number of aryl methyl sites for hydroxylation is 2. The third kappa shape index (κ3) is 3.91. The van der Waals surface area contributed by atoms with Crippen LogP contribution in [0, 0.1) is 13.8 Å². The first kappa shape index (κ1) is 22.1. The van der Waals surface area contributed by atoms with E-state index in [0.717, 1.165) is 49.8 Å². The van der Waals surface area contributed by atoms with E-state index in [1.54, 1.807) is 0 Å². The summed E-state index contributed by atoms with van der Waals surface area (Å²) < 4.78 is 28.5. The maximum Gasteiger partial charge on any atom is 0.211 e. The van der Waals surface area contributed by atoms with Crippen molar-refractivity contribution in [3.8, 4) is 11.1 Å². The van der Waals surface area contributed by atoms with Crippen LogP contribution in [0.25, 0.3) is 32.9 Å². The van der Waals surface area contributed by atoms with E-state index in [0.29, 0.717) is 24.4 Å². The highest BCUT2D eigenvalue weighted by Gasteiger charge is 2.20. The molecule has 0 spiro atoms. The molecular formula is C26H23N3O4S. The molecule has 7 nitrogen and oxygen atoms in total. The van der Waals surface area contributed by atoms with Gasteiger partial charge in [-0.3, -0.25) is 4.79 Å². The van der Waals surface area contributed by atoms with E-state index < -0.39 is 11.1 Å². The lowest BCUT2D eigenvalue weighted by atomic mass is 10.00. The van der Waals surface area contributed by atoms with Gasteiger partial charge in [0.25, 0.3) is 0 Å². The topological polar surface area (TPSA) is 97.4 Å². The third-order valence-corrected chi connectivity index (χ3v) is 6.62. The maximum atomic E-state index is 11.6. The lowest BCUT2D eigenvalue weighted by Gasteiger charge is -2.11. The second-order valence-electron chi connectivity index (χ2n) is 8.27. The molecule has 0 aliphatic heterocycles.